The molecule has 4 nitrogen and oxygen atoms in total. The number of carbonyl (C=O) groups is 1. The molecule has 0 fully saturated rings. The highest BCUT2D eigenvalue weighted by atomic mass is 32.2. The lowest BCUT2D eigenvalue weighted by Gasteiger charge is -2.09. The number of hydrogen-bond donors (Lipinski definition) is 0. The highest BCUT2D eigenvalue weighted by Crippen LogP contribution is 2.25. The van der Waals surface area contributed by atoms with Gasteiger partial charge in [0.2, 0.25) is 0 Å². The number of aromatic nitrogens is 3. The van der Waals surface area contributed by atoms with Gasteiger partial charge < -0.3 is 0 Å². The normalized spacial score (nSPS) is 14.0. The summed E-state index contributed by atoms with van der Waals surface area (Å²) in [6.07, 6.45) is -0.206. The summed E-state index contributed by atoms with van der Waals surface area (Å²) in [7, 11) is 0. The molecule has 1 aliphatic rings. The van der Waals surface area contributed by atoms with E-state index in [1.807, 2.05) is 12.1 Å². The first kappa shape index (κ1) is 16.0. The molecule has 1 aliphatic carbocycles. The third-order valence-corrected chi connectivity index (χ3v) is 4.66. The molecule has 23 heavy (non-hydrogen) atoms. The maximum absolute atomic E-state index is 12.4. The summed E-state index contributed by atoms with van der Waals surface area (Å²) in [4.78, 5) is 12.2. The van der Waals surface area contributed by atoms with Gasteiger partial charge in [-0.15, -0.1) is 10.2 Å². The SMILES string of the molecule is O=C(CSc1nncn1CC(F)(F)F)c1ccc2c(c1)CCC2. The molecule has 0 unspecified atom stereocenters. The van der Waals surface area contributed by atoms with Gasteiger partial charge in [-0.05, 0) is 36.5 Å². The standard InChI is InChI=1S/C15H14F3N3OS/c16-15(17,18)8-21-9-19-20-14(21)23-7-13(22)12-5-4-10-2-1-3-11(10)6-12/h4-6,9H,1-3,7-8H2. The van der Waals surface area contributed by atoms with Gasteiger partial charge in [-0.25, -0.2) is 0 Å². The van der Waals surface area contributed by atoms with Crippen molar-refractivity contribution < 1.29 is 18.0 Å². The van der Waals surface area contributed by atoms with Crippen LogP contribution in [0.1, 0.15) is 27.9 Å². The Morgan fingerprint density at radius 1 is 1.26 bits per heavy atom. The smallest absolute Gasteiger partial charge is 0.299 e. The molecule has 0 spiro atoms. The Balaban J connectivity index is 1.65. The summed E-state index contributed by atoms with van der Waals surface area (Å²) in [5.74, 6) is -0.0822. The molecular formula is C15H14F3N3OS. The molecule has 0 radical (unpaired) electrons. The maximum Gasteiger partial charge on any atom is 0.406 e. The number of hydrogen-bond acceptors (Lipinski definition) is 4. The third kappa shape index (κ3) is 3.93. The van der Waals surface area contributed by atoms with Gasteiger partial charge in [0.1, 0.15) is 12.9 Å². The first-order chi connectivity index (χ1) is 10.9. The summed E-state index contributed by atoms with van der Waals surface area (Å²) >= 11 is 0.970. The van der Waals surface area contributed by atoms with Crippen LogP contribution in [0.15, 0.2) is 29.7 Å². The number of nitrogens with zero attached hydrogens (tertiary/aromatic N) is 3. The van der Waals surface area contributed by atoms with Crippen LogP contribution in [0.5, 0.6) is 0 Å². The van der Waals surface area contributed by atoms with Gasteiger partial charge in [0.25, 0.3) is 0 Å². The minimum Gasteiger partial charge on any atom is -0.299 e. The van der Waals surface area contributed by atoms with Crippen LogP contribution in [0.25, 0.3) is 0 Å². The van der Waals surface area contributed by atoms with Crippen molar-refractivity contribution in [3.8, 4) is 0 Å². The maximum atomic E-state index is 12.4. The van der Waals surface area contributed by atoms with Crippen LogP contribution < -0.4 is 0 Å². The number of carbonyl (C=O) groups excluding carboxylic acids is 1. The minimum atomic E-state index is -4.35. The Morgan fingerprint density at radius 2 is 2.04 bits per heavy atom. The van der Waals surface area contributed by atoms with E-state index in [1.165, 1.54) is 11.1 Å². The largest absolute Gasteiger partial charge is 0.406 e. The van der Waals surface area contributed by atoms with Crippen LogP contribution in [0.4, 0.5) is 13.2 Å². The monoisotopic (exact) mass is 341 g/mol. The summed E-state index contributed by atoms with van der Waals surface area (Å²) in [5, 5.41) is 7.23. The van der Waals surface area contributed by atoms with Crippen LogP contribution in [0, 0.1) is 0 Å². The second-order valence-electron chi connectivity index (χ2n) is 5.41. The average Bonchev–Trinajstić information content (AvgIpc) is 3.11. The number of fused-ring (bicyclic) bond motifs is 1. The van der Waals surface area contributed by atoms with Crippen LogP contribution in [-0.2, 0) is 19.4 Å². The van der Waals surface area contributed by atoms with Crippen molar-refractivity contribution in [3.63, 3.8) is 0 Å². The van der Waals surface area contributed by atoms with E-state index in [9.17, 15) is 18.0 Å². The Labute approximate surface area is 135 Å². The number of alkyl halides is 3. The Morgan fingerprint density at radius 3 is 2.83 bits per heavy atom. The van der Waals surface area contributed by atoms with Gasteiger partial charge in [0, 0.05) is 5.56 Å². The summed E-state index contributed by atoms with van der Waals surface area (Å²) < 4.78 is 38.2. The Hall–Kier alpha value is -1.83. The fraction of sp³-hybridized carbons (Fsp3) is 0.400. The summed E-state index contributed by atoms with van der Waals surface area (Å²) in [6.45, 7) is -1.16. The van der Waals surface area contributed by atoms with Crippen molar-refractivity contribution in [2.45, 2.75) is 37.1 Å². The van der Waals surface area contributed by atoms with Gasteiger partial charge in [0.05, 0.1) is 5.75 Å². The highest BCUT2D eigenvalue weighted by Gasteiger charge is 2.29. The number of rotatable bonds is 5. The van der Waals surface area contributed by atoms with E-state index in [2.05, 4.69) is 10.2 Å². The molecule has 1 aromatic carbocycles. The number of Topliss-reactive ketones (excluding diaryl/α,β-unsaturated/α-hetero) is 1. The van der Waals surface area contributed by atoms with Gasteiger partial charge in [0.15, 0.2) is 10.9 Å². The molecule has 0 aliphatic heterocycles. The van der Waals surface area contributed by atoms with E-state index in [1.54, 1.807) is 6.07 Å². The van der Waals surface area contributed by atoms with E-state index < -0.39 is 12.7 Å². The average molecular weight is 341 g/mol. The third-order valence-electron chi connectivity index (χ3n) is 3.68. The molecule has 0 saturated carbocycles. The molecular weight excluding hydrogens is 327 g/mol. The van der Waals surface area contributed by atoms with Gasteiger partial charge >= 0.3 is 6.18 Å². The number of aryl methyl sites for hydroxylation is 2. The van der Waals surface area contributed by atoms with Crippen molar-refractivity contribution in [1.82, 2.24) is 14.8 Å². The number of ketones is 1. The first-order valence-corrected chi connectivity index (χ1v) is 8.13. The van der Waals surface area contributed by atoms with E-state index in [4.69, 9.17) is 0 Å². The predicted molar refractivity (Wildman–Crippen MR) is 79.6 cm³/mol. The second kappa shape index (κ2) is 6.35. The van der Waals surface area contributed by atoms with Crippen molar-refractivity contribution in [3.05, 3.63) is 41.2 Å². The molecule has 0 N–H and O–H groups in total. The minimum absolute atomic E-state index is 0.0370. The van der Waals surface area contributed by atoms with Gasteiger partial charge in [-0.2, -0.15) is 13.2 Å². The zero-order chi connectivity index (χ0) is 16.4. The van der Waals surface area contributed by atoms with E-state index in [0.29, 0.717) is 5.56 Å². The van der Waals surface area contributed by atoms with Gasteiger partial charge in [-0.3, -0.25) is 9.36 Å². The Kier molecular flexibility index (Phi) is 4.43. The topological polar surface area (TPSA) is 47.8 Å². The molecule has 1 aromatic heterocycles. The van der Waals surface area contributed by atoms with Crippen LogP contribution >= 0.6 is 11.8 Å². The zero-order valence-electron chi connectivity index (χ0n) is 12.1. The van der Waals surface area contributed by atoms with E-state index in [-0.39, 0.29) is 16.7 Å². The molecule has 0 atom stereocenters. The first-order valence-electron chi connectivity index (χ1n) is 7.15. The van der Waals surface area contributed by atoms with Crippen molar-refractivity contribution >= 4 is 17.5 Å². The van der Waals surface area contributed by atoms with Crippen LogP contribution in [0.2, 0.25) is 0 Å². The van der Waals surface area contributed by atoms with Crippen LogP contribution in [-0.4, -0.2) is 32.5 Å². The lowest BCUT2D eigenvalue weighted by atomic mass is 10.0. The fourth-order valence-corrected chi connectivity index (χ4v) is 3.43. The lowest BCUT2D eigenvalue weighted by Crippen LogP contribution is -2.18. The molecule has 3 rings (SSSR count). The molecule has 0 bridgehead atoms. The van der Waals surface area contributed by atoms with Crippen molar-refractivity contribution in [1.29, 1.82) is 0 Å². The summed E-state index contributed by atoms with van der Waals surface area (Å²) in [5.41, 5.74) is 3.07. The number of thioether (sulfide) groups is 1. The molecule has 2 aromatic rings. The fourth-order valence-electron chi connectivity index (χ4n) is 2.62. The number of halogens is 3. The summed E-state index contributed by atoms with van der Waals surface area (Å²) in [6, 6.07) is 5.64. The lowest BCUT2D eigenvalue weighted by molar-refractivity contribution is -0.142. The van der Waals surface area contributed by atoms with Crippen molar-refractivity contribution in [2.24, 2.45) is 0 Å². The number of benzene rings is 1. The van der Waals surface area contributed by atoms with Crippen molar-refractivity contribution in [2.75, 3.05) is 5.75 Å². The molecule has 8 heteroatoms. The quantitative estimate of drug-likeness (QED) is 0.618. The Bertz CT molecular complexity index is 727. The zero-order valence-corrected chi connectivity index (χ0v) is 13.0. The van der Waals surface area contributed by atoms with Gasteiger partial charge in [-0.1, -0.05) is 23.9 Å². The highest BCUT2D eigenvalue weighted by molar-refractivity contribution is 7.99. The van der Waals surface area contributed by atoms with E-state index >= 15 is 0 Å². The van der Waals surface area contributed by atoms with E-state index in [0.717, 1.165) is 41.9 Å². The molecule has 0 amide bonds. The van der Waals surface area contributed by atoms with Crippen LogP contribution in [0.3, 0.4) is 0 Å². The molecule has 0 saturated heterocycles. The molecule has 1 heterocycles. The second-order valence-corrected chi connectivity index (χ2v) is 6.35. The molecule has 122 valence electrons. The predicted octanol–water partition coefficient (Wildman–Crippen LogP) is 3.30.